The van der Waals surface area contributed by atoms with Crippen LogP contribution in [0.15, 0.2) is 48.8 Å². The molecule has 0 aliphatic carbocycles. The first-order valence-electron chi connectivity index (χ1n) is 13.3. The lowest BCUT2D eigenvalue weighted by molar-refractivity contribution is -0.146. The molecule has 0 spiro atoms. The van der Waals surface area contributed by atoms with E-state index >= 15 is 0 Å². The van der Waals surface area contributed by atoms with Crippen LogP contribution in [0.3, 0.4) is 0 Å². The summed E-state index contributed by atoms with van der Waals surface area (Å²) in [6.07, 6.45) is 3.29. The molecule has 0 bridgehead atoms. The fourth-order valence-corrected chi connectivity index (χ4v) is 6.02. The van der Waals surface area contributed by atoms with E-state index < -0.39 is 31.5 Å². The van der Waals surface area contributed by atoms with E-state index in [0.717, 1.165) is 12.8 Å². The maximum atomic E-state index is 13.9. The summed E-state index contributed by atoms with van der Waals surface area (Å²) in [7, 11) is -4.08. The molecule has 4 atom stereocenters. The number of nitriles is 1. The molecule has 1 aliphatic rings. The molecule has 13 heteroatoms. The van der Waals surface area contributed by atoms with E-state index in [1.807, 2.05) is 13.8 Å². The number of rotatable bonds is 13. The Bertz CT molecular complexity index is 1390. The van der Waals surface area contributed by atoms with Crippen LogP contribution < -0.4 is 15.3 Å². The van der Waals surface area contributed by atoms with Crippen LogP contribution in [0.2, 0.25) is 0 Å². The summed E-state index contributed by atoms with van der Waals surface area (Å²) in [5.74, 6) is 0.270. The number of esters is 1. The summed E-state index contributed by atoms with van der Waals surface area (Å²) in [5, 5.41) is 17.0. The van der Waals surface area contributed by atoms with Crippen LogP contribution in [0, 0.1) is 17.2 Å². The number of hydrogen-bond acceptors (Lipinski definition) is 10. The smallest absolute Gasteiger partial charge is 0.459 e. The SMILES string of the molecule is CCC(CC)COC(=O)[C@H](C)NP(=O)(OC[C@@H]1CC[C@](C#N)(c2ccc3c(N)ncnn23)O1)Oc1ccccc1. The topological polar surface area (TPSA) is 163 Å². The monoisotopic (exact) mass is 570 g/mol. The number of benzene rings is 1. The molecule has 3 heterocycles. The van der Waals surface area contributed by atoms with E-state index in [2.05, 4.69) is 21.2 Å². The minimum atomic E-state index is -4.08. The third kappa shape index (κ3) is 6.62. The Balaban J connectivity index is 1.46. The maximum absolute atomic E-state index is 13.9. The fraction of sp³-hybridized carbons (Fsp3) is 0.481. The Labute approximate surface area is 233 Å². The molecule has 1 fully saturated rings. The summed E-state index contributed by atoms with van der Waals surface area (Å²) in [6, 6.07) is 13.3. The summed E-state index contributed by atoms with van der Waals surface area (Å²) in [6.45, 7) is 5.73. The van der Waals surface area contributed by atoms with Gasteiger partial charge in [0.1, 0.15) is 29.7 Å². The van der Waals surface area contributed by atoms with Gasteiger partial charge in [-0.2, -0.15) is 15.4 Å². The summed E-state index contributed by atoms with van der Waals surface area (Å²) < 4.78 is 38.5. The van der Waals surface area contributed by atoms with E-state index in [1.54, 1.807) is 42.5 Å². The number of anilines is 1. The quantitative estimate of drug-likeness (QED) is 0.221. The van der Waals surface area contributed by atoms with Crippen molar-refractivity contribution in [3.8, 4) is 11.8 Å². The molecule has 4 rings (SSSR count). The zero-order valence-corrected chi connectivity index (χ0v) is 23.8. The number of nitrogens with two attached hydrogens (primary N) is 1. The van der Waals surface area contributed by atoms with Gasteiger partial charge in [0.25, 0.3) is 0 Å². The largest absolute Gasteiger partial charge is 0.464 e. The van der Waals surface area contributed by atoms with Gasteiger partial charge in [-0.15, -0.1) is 0 Å². The second kappa shape index (κ2) is 12.8. The zero-order chi connectivity index (χ0) is 28.8. The normalized spacial score (nSPS) is 21.1. The van der Waals surface area contributed by atoms with Crippen molar-refractivity contribution in [1.82, 2.24) is 19.7 Å². The number of carbonyl (C=O) groups is 1. The predicted octanol–water partition coefficient (Wildman–Crippen LogP) is 4.37. The van der Waals surface area contributed by atoms with Crippen LogP contribution in [-0.4, -0.2) is 45.9 Å². The van der Waals surface area contributed by atoms with Crippen molar-refractivity contribution in [3.05, 3.63) is 54.5 Å². The van der Waals surface area contributed by atoms with Crippen molar-refractivity contribution in [2.24, 2.45) is 5.92 Å². The van der Waals surface area contributed by atoms with Crippen molar-refractivity contribution in [3.63, 3.8) is 0 Å². The number of fused-ring (bicyclic) bond motifs is 1. The van der Waals surface area contributed by atoms with Gasteiger partial charge < -0.3 is 19.7 Å². The van der Waals surface area contributed by atoms with Crippen LogP contribution in [0.4, 0.5) is 5.82 Å². The molecule has 1 aromatic carbocycles. The average molecular weight is 571 g/mol. The van der Waals surface area contributed by atoms with Gasteiger partial charge in [0, 0.05) is 0 Å². The number of hydrogen-bond donors (Lipinski definition) is 2. The second-order valence-corrected chi connectivity index (χ2v) is 11.4. The third-order valence-corrected chi connectivity index (χ3v) is 8.63. The van der Waals surface area contributed by atoms with Crippen molar-refractivity contribution in [2.45, 2.75) is 64.2 Å². The van der Waals surface area contributed by atoms with E-state index in [1.165, 1.54) is 17.8 Å². The molecular weight excluding hydrogens is 535 g/mol. The highest BCUT2D eigenvalue weighted by atomic mass is 31.2. The van der Waals surface area contributed by atoms with Crippen molar-refractivity contribution in [1.29, 1.82) is 5.26 Å². The van der Waals surface area contributed by atoms with E-state index in [9.17, 15) is 14.6 Å². The van der Waals surface area contributed by atoms with Crippen LogP contribution in [0.25, 0.3) is 5.52 Å². The summed E-state index contributed by atoms with van der Waals surface area (Å²) in [4.78, 5) is 16.6. The van der Waals surface area contributed by atoms with Gasteiger partial charge in [-0.1, -0.05) is 44.9 Å². The minimum absolute atomic E-state index is 0.156. The van der Waals surface area contributed by atoms with Gasteiger partial charge in [0.2, 0.25) is 0 Å². The predicted molar refractivity (Wildman–Crippen MR) is 147 cm³/mol. The molecule has 214 valence electrons. The molecule has 2 aromatic heterocycles. The number of nitrogens with one attached hydrogen (secondary N) is 1. The molecule has 12 nitrogen and oxygen atoms in total. The summed E-state index contributed by atoms with van der Waals surface area (Å²) in [5.41, 5.74) is 5.70. The van der Waals surface area contributed by atoms with Gasteiger partial charge >= 0.3 is 13.7 Å². The number of nitrogen functional groups attached to an aromatic ring is 1. The van der Waals surface area contributed by atoms with E-state index in [-0.39, 0.29) is 24.9 Å². The van der Waals surface area contributed by atoms with E-state index in [0.29, 0.717) is 29.8 Å². The lowest BCUT2D eigenvalue weighted by Gasteiger charge is -2.25. The first kappa shape index (κ1) is 29.5. The van der Waals surface area contributed by atoms with Gasteiger partial charge in [-0.05, 0) is 49.9 Å². The standard InChI is InChI=1S/C27H35N6O6P/c1-4-20(5-2)15-36-26(34)19(3)32-40(35,39-21-9-7-6-8-10-21)37-16-22-13-14-27(17-28,38-22)24-12-11-23-25(29)30-18-31-33(23)24/h6-12,18-20,22H,4-5,13-16H2,1-3H3,(H,32,35)(H2,29,30,31)/t19-,22-,27-,40?/m0/s1. The number of carbonyl (C=O) groups excluding carboxylic acids is 1. The maximum Gasteiger partial charge on any atom is 0.459 e. The highest BCUT2D eigenvalue weighted by molar-refractivity contribution is 7.52. The zero-order valence-electron chi connectivity index (χ0n) is 22.9. The first-order chi connectivity index (χ1) is 19.2. The second-order valence-electron chi connectivity index (χ2n) is 9.74. The highest BCUT2D eigenvalue weighted by Crippen LogP contribution is 2.47. The number of para-hydroxylation sites is 1. The third-order valence-electron chi connectivity index (χ3n) is 6.98. The van der Waals surface area contributed by atoms with Crippen LogP contribution in [-0.2, 0) is 29.0 Å². The molecule has 1 saturated heterocycles. The molecular formula is C27H35N6O6P. The highest BCUT2D eigenvalue weighted by Gasteiger charge is 2.45. The minimum Gasteiger partial charge on any atom is -0.464 e. The lowest BCUT2D eigenvalue weighted by atomic mass is 9.98. The molecule has 3 N–H and O–H groups in total. The van der Waals surface area contributed by atoms with Gasteiger partial charge in [-0.25, -0.2) is 14.1 Å². The number of ether oxygens (including phenoxy) is 2. The molecule has 3 aromatic rings. The molecule has 0 amide bonds. The Hall–Kier alpha value is -3.49. The average Bonchev–Trinajstić information content (AvgIpc) is 3.59. The van der Waals surface area contributed by atoms with Crippen molar-refractivity contribution < 1.29 is 27.9 Å². The Morgan fingerprint density at radius 3 is 2.75 bits per heavy atom. The van der Waals surface area contributed by atoms with Gasteiger partial charge in [0.05, 0.1) is 25.0 Å². The van der Waals surface area contributed by atoms with Crippen LogP contribution >= 0.6 is 7.75 Å². The fourth-order valence-electron chi connectivity index (χ4n) is 4.50. The van der Waals surface area contributed by atoms with Crippen molar-refractivity contribution >= 4 is 25.1 Å². The molecule has 0 radical (unpaired) electrons. The molecule has 1 aliphatic heterocycles. The molecule has 1 unspecified atom stereocenters. The Morgan fingerprint density at radius 1 is 1.30 bits per heavy atom. The Morgan fingerprint density at radius 2 is 2.05 bits per heavy atom. The van der Waals surface area contributed by atoms with Crippen LogP contribution in [0.1, 0.15) is 52.1 Å². The van der Waals surface area contributed by atoms with Gasteiger partial charge in [0.15, 0.2) is 11.4 Å². The van der Waals surface area contributed by atoms with E-state index in [4.69, 9.17) is 24.3 Å². The lowest BCUT2D eigenvalue weighted by Crippen LogP contribution is -2.36. The van der Waals surface area contributed by atoms with Gasteiger partial charge in [-0.3, -0.25) is 9.32 Å². The first-order valence-corrected chi connectivity index (χ1v) is 14.9. The molecule has 0 saturated carbocycles. The number of aromatic nitrogens is 3. The van der Waals surface area contributed by atoms with Crippen molar-refractivity contribution in [2.75, 3.05) is 18.9 Å². The summed E-state index contributed by atoms with van der Waals surface area (Å²) >= 11 is 0. The number of nitrogens with zero attached hydrogens (tertiary/aromatic N) is 4. The Kier molecular flexibility index (Phi) is 9.43. The molecule has 40 heavy (non-hydrogen) atoms. The van der Waals surface area contributed by atoms with Crippen LogP contribution in [0.5, 0.6) is 5.75 Å².